The maximum atomic E-state index is 13.5. The van der Waals surface area contributed by atoms with Crippen molar-refractivity contribution in [1.29, 1.82) is 5.26 Å². The highest BCUT2D eigenvalue weighted by Gasteiger charge is 2.37. The first kappa shape index (κ1) is 25.8. The number of benzene rings is 3. The van der Waals surface area contributed by atoms with Gasteiger partial charge in [-0.1, -0.05) is 48.0 Å². The summed E-state index contributed by atoms with van der Waals surface area (Å²) in [6.45, 7) is 1.59. The van der Waals surface area contributed by atoms with Crippen LogP contribution in [0.5, 0.6) is 0 Å². The molecule has 3 aromatic rings. The van der Waals surface area contributed by atoms with E-state index >= 15 is 0 Å². The standard InChI is InChI=1S/C27H20ClF3N4O2/c1-16-23(25(36)33-15-19-5-2-3-8-22(19)28)24(18-11-9-17(14-32)10-12-18)34-26(37)35(16)21-7-4-6-20(13-21)27(29,30)31/h2-13,24H,15H2,1H3,(H,33,36)(H,34,37). The molecule has 1 atom stereocenters. The molecule has 3 aromatic carbocycles. The van der Waals surface area contributed by atoms with Crippen LogP contribution in [0.4, 0.5) is 23.7 Å². The van der Waals surface area contributed by atoms with E-state index in [1.807, 2.05) is 6.07 Å². The molecule has 1 heterocycles. The maximum Gasteiger partial charge on any atom is 0.416 e. The minimum Gasteiger partial charge on any atom is -0.348 e. The summed E-state index contributed by atoms with van der Waals surface area (Å²) in [7, 11) is 0. The third-order valence-corrected chi connectivity index (χ3v) is 6.30. The van der Waals surface area contributed by atoms with Crippen molar-refractivity contribution in [3.05, 3.63) is 111 Å². The van der Waals surface area contributed by atoms with Gasteiger partial charge in [0, 0.05) is 17.3 Å². The number of hydrogen-bond acceptors (Lipinski definition) is 3. The Morgan fingerprint density at radius 1 is 1.11 bits per heavy atom. The number of anilines is 1. The predicted octanol–water partition coefficient (Wildman–Crippen LogP) is 6.09. The molecule has 0 fully saturated rings. The van der Waals surface area contributed by atoms with Gasteiger partial charge in [0.1, 0.15) is 0 Å². The maximum absolute atomic E-state index is 13.5. The number of nitrogens with zero attached hydrogens (tertiary/aromatic N) is 2. The lowest BCUT2D eigenvalue weighted by Crippen LogP contribution is -2.49. The second-order valence-electron chi connectivity index (χ2n) is 8.27. The Morgan fingerprint density at radius 2 is 1.81 bits per heavy atom. The molecule has 0 radical (unpaired) electrons. The van der Waals surface area contributed by atoms with Crippen LogP contribution < -0.4 is 15.5 Å². The average molecular weight is 525 g/mol. The van der Waals surface area contributed by atoms with Crippen molar-refractivity contribution in [3.63, 3.8) is 0 Å². The molecule has 2 N–H and O–H groups in total. The number of carbonyl (C=O) groups is 2. The molecule has 0 bridgehead atoms. The van der Waals surface area contributed by atoms with Crippen LogP contribution in [0.1, 0.15) is 35.2 Å². The van der Waals surface area contributed by atoms with Crippen LogP contribution in [-0.4, -0.2) is 11.9 Å². The topological polar surface area (TPSA) is 85.2 Å². The minimum absolute atomic E-state index is 0.0421. The van der Waals surface area contributed by atoms with Crippen molar-refractivity contribution in [2.45, 2.75) is 25.7 Å². The van der Waals surface area contributed by atoms with E-state index in [0.717, 1.165) is 17.0 Å². The number of alkyl halides is 3. The van der Waals surface area contributed by atoms with Gasteiger partial charge in [0.25, 0.3) is 5.91 Å². The second-order valence-corrected chi connectivity index (χ2v) is 8.68. The number of halogens is 4. The molecule has 0 saturated carbocycles. The number of allylic oxidation sites excluding steroid dienone is 1. The molecule has 188 valence electrons. The largest absolute Gasteiger partial charge is 0.416 e. The van der Waals surface area contributed by atoms with Gasteiger partial charge in [0.05, 0.1) is 34.5 Å². The molecule has 0 aliphatic carbocycles. The molecule has 1 aliphatic heterocycles. The number of amides is 3. The van der Waals surface area contributed by atoms with Crippen molar-refractivity contribution in [3.8, 4) is 6.07 Å². The lowest BCUT2D eigenvalue weighted by molar-refractivity contribution is -0.137. The SMILES string of the molecule is CC1=C(C(=O)NCc2ccccc2Cl)C(c2ccc(C#N)cc2)NC(=O)N1c1cccc(C(F)(F)F)c1. The predicted molar refractivity (Wildman–Crippen MR) is 132 cm³/mol. The molecule has 37 heavy (non-hydrogen) atoms. The minimum atomic E-state index is -4.61. The van der Waals surface area contributed by atoms with Gasteiger partial charge in [0.2, 0.25) is 0 Å². The van der Waals surface area contributed by atoms with Gasteiger partial charge in [0.15, 0.2) is 0 Å². The van der Waals surface area contributed by atoms with E-state index in [0.29, 0.717) is 21.7 Å². The summed E-state index contributed by atoms with van der Waals surface area (Å²) < 4.78 is 40.0. The van der Waals surface area contributed by atoms with Gasteiger partial charge < -0.3 is 10.6 Å². The molecular weight excluding hydrogens is 505 g/mol. The van der Waals surface area contributed by atoms with E-state index < -0.39 is 29.7 Å². The molecule has 0 spiro atoms. The lowest BCUT2D eigenvalue weighted by atomic mass is 9.93. The van der Waals surface area contributed by atoms with Gasteiger partial charge in [-0.3, -0.25) is 9.69 Å². The summed E-state index contributed by atoms with van der Waals surface area (Å²) >= 11 is 6.20. The van der Waals surface area contributed by atoms with E-state index in [4.69, 9.17) is 16.9 Å². The van der Waals surface area contributed by atoms with Crippen LogP contribution >= 0.6 is 11.6 Å². The van der Waals surface area contributed by atoms with Crippen molar-refractivity contribution in [2.24, 2.45) is 0 Å². The first-order valence-electron chi connectivity index (χ1n) is 11.1. The monoisotopic (exact) mass is 524 g/mol. The van der Waals surface area contributed by atoms with Crippen molar-refractivity contribution in [1.82, 2.24) is 10.6 Å². The number of nitriles is 1. The summed E-state index contributed by atoms with van der Waals surface area (Å²) in [5, 5.41) is 15.1. The molecular formula is C27H20ClF3N4O2. The number of carbonyl (C=O) groups excluding carboxylic acids is 2. The van der Waals surface area contributed by atoms with E-state index in [2.05, 4.69) is 10.6 Å². The number of rotatable bonds is 5. The van der Waals surface area contributed by atoms with Gasteiger partial charge >= 0.3 is 12.2 Å². The van der Waals surface area contributed by atoms with Crippen molar-refractivity contribution in [2.75, 3.05) is 4.90 Å². The second kappa shape index (κ2) is 10.4. The Balaban J connectivity index is 1.77. The summed E-state index contributed by atoms with van der Waals surface area (Å²) in [4.78, 5) is 27.7. The highest BCUT2D eigenvalue weighted by molar-refractivity contribution is 6.31. The van der Waals surface area contributed by atoms with E-state index in [1.54, 1.807) is 48.5 Å². The van der Waals surface area contributed by atoms with Crippen molar-refractivity contribution < 1.29 is 22.8 Å². The quantitative estimate of drug-likeness (QED) is 0.423. The fourth-order valence-electron chi connectivity index (χ4n) is 4.08. The molecule has 1 unspecified atom stereocenters. The zero-order valence-corrected chi connectivity index (χ0v) is 20.2. The first-order chi connectivity index (χ1) is 17.6. The molecule has 6 nitrogen and oxygen atoms in total. The van der Waals surface area contributed by atoms with Gasteiger partial charge in [-0.25, -0.2) is 4.79 Å². The Morgan fingerprint density at radius 3 is 2.46 bits per heavy atom. The highest BCUT2D eigenvalue weighted by atomic mass is 35.5. The van der Waals surface area contributed by atoms with Crippen molar-refractivity contribution >= 4 is 29.2 Å². The van der Waals surface area contributed by atoms with Gasteiger partial charge in [-0.2, -0.15) is 18.4 Å². The van der Waals surface area contributed by atoms with Crippen LogP contribution in [0.3, 0.4) is 0 Å². The Labute approximate surface area is 216 Å². The van der Waals surface area contributed by atoms with E-state index in [9.17, 15) is 22.8 Å². The molecule has 0 saturated heterocycles. The normalized spacial score (nSPS) is 15.7. The summed E-state index contributed by atoms with van der Waals surface area (Å²) in [5.41, 5.74) is 0.910. The van der Waals surface area contributed by atoms with E-state index in [1.165, 1.54) is 19.1 Å². The zero-order chi connectivity index (χ0) is 26.7. The third kappa shape index (κ3) is 5.44. The summed E-state index contributed by atoms with van der Waals surface area (Å²) in [6.07, 6.45) is -4.61. The van der Waals surface area contributed by atoms with Crippen LogP contribution in [-0.2, 0) is 17.5 Å². The fourth-order valence-corrected chi connectivity index (χ4v) is 4.28. The van der Waals surface area contributed by atoms with Crippen LogP contribution in [0.15, 0.2) is 84.1 Å². The summed E-state index contributed by atoms with van der Waals surface area (Å²) in [6, 6.07) is 18.0. The van der Waals surface area contributed by atoms with E-state index in [-0.39, 0.29) is 23.5 Å². The lowest BCUT2D eigenvalue weighted by Gasteiger charge is -2.36. The number of hydrogen-bond donors (Lipinski definition) is 2. The number of nitrogens with one attached hydrogen (secondary N) is 2. The Bertz CT molecular complexity index is 1430. The Hall–Kier alpha value is -4.29. The molecule has 0 aromatic heterocycles. The molecule has 4 rings (SSSR count). The van der Waals surface area contributed by atoms with Crippen LogP contribution in [0, 0.1) is 11.3 Å². The third-order valence-electron chi connectivity index (χ3n) is 5.93. The molecule has 10 heteroatoms. The zero-order valence-electron chi connectivity index (χ0n) is 19.4. The van der Waals surface area contributed by atoms with Crippen LogP contribution in [0.25, 0.3) is 0 Å². The highest BCUT2D eigenvalue weighted by Crippen LogP contribution is 2.36. The van der Waals surface area contributed by atoms with Gasteiger partial charge in [-0.05, 0) is 54.4 Å². The number of urea groups is 1. The van der Waals surface area contributed by atoms with Gasteiger partial charge in [-0.15, -0.1) is 0 Å². The first-order valence-corrected chi connectivity index (χ1v) is 11.5. The average Bonchev–Trinajstić information content (AvgIpc) is 2.87. The van der Waals surface area contributed by atoms with Crippen LogP contribution in [0.2, 0.25) is 5.02 Å². The smallest absolute Gasteiger partial charge is 0.348 e. The molecule has 3 amide bonds. The summed E-state index contributed by atoms with van der Waals surface area (Å²) in [5.74, 6) is -0.538. The Kier molecular flexibility index (Phi) is 7.23. The molecule has 1 aliphatic rings. The fraction of sp³-hybridized carbons (Fsp3) is 0.148.